The van der Waals surface area contributed by atoms with E-state index in [2.05, 4.69) is 13.0 Å². The number of aliphatic hydroxyl groups excluding tert-OH is 1. The zero-order valence-corrected chi connectivity index (χ0v) is 27.5. The number of phenolic OH excluding ortho intramolecular Hbond substituents is 1. The minimum absolute atomic E-state index is 0.0395. The topological polar surface area (TPSA) is 104 Å². The van der Waals surface area contributed by atoms with Crippen molar-refractivity contribution in [1.82, 2.24) is 3.92 Å². The van der Waals surface area contributed by atoms with Crippen LogP contribution < -0.4 is 4.46 Å². The first-order valence-corrected chi connectivity index (χ1v) is 17.9. The number of rotatable bonds is 9. The molecule has 6 atom stereocenters. The molecule has 4 aliphatic rings. The van der Waals surface area contributed by atoms with Crippen molar-refractivity contribution in [3.8, 4) is 5.75 Å². The van der Waals surface area contributed by atoms with Crippen LogP contribution >= 0.6 is 0 Å². The molecule has 43 heavy (non-hydrogen) atoms. The number of aromatic hydroxyl groups is 1. The van der Waals surface area contributed by atoms with Gasteiger partial charge in [0.2, 0.25) is 0 Å². The maximum absolute atomic E-state index is 13.2. The molecule has 0 saturated heterocycles. The van der Waals surface area contributed by atoms with Crippen molar-refractivity contribution in [3.63, 3.8) is 0 Å². The fourth-order valence-corrected chi connectivity index (χ4v) is 12.1. The molecule has 2 aromatic rings. The second kappa shape index (κ2) is 11.8. The van der Waals surface area contributed by atoms with Gasteiger partial charge in [0.15, 0.2) is 0 Å². The number of carbonyl (C=O) groups excluding carboxylic acids is 1. The molecule has 6 rings (SSSR count). The van der Waals surface area contributed by atoms with Crippen LogP contribution in [-0.2, 0) is 16.8 Å². The van der Waals surface area contributed by atoms with Gasteiger partial charge in [0.1, 0.15) is 5.75 Å². The van der Waals surface area contributed by atoms with E-state index in [0.717, 1.165) is 67.8 Å². The molecular weight excluding hydrogens is 607 g/mol. The Hall–Kier alpha value is -2.41. The van der Waals surface area contributed by atoms with Gasteiger partial charge in [-0.2, -0.15) is 0 Å². The Balaban J connectivity index is 1.01. The van der Waals surface area contributed by atoms with Gasteiger partial charge in [-0.1, -0.05) is 13.0 Å². The number of fused-ring (bicyclic) bond motifs is 6. The van der Waals surface area contributed by atoms with Gasteiger partial charge in [0.05, 0.1) is 6.10 Å². The molecule has 2 saturated carbocycles. The Morgan fingerprint density at radius 1 is 1.07 bits per heavy atom. The molecule has 2 fully saturated rings. The number of hydrogen-bond acceptors (Lipinski definition) is 5. The van der Waals surface area contributed by atoms with Crippen LogP contribution in [0.25, 0.3) is 0 Å². The van der Waals surface area contributed by atoms with Gasteiger partial charge in [-0.25, -0.2) is 0 Å². The van der Waals surface area contributed by atoms with Crippen molar-refractivity contribution in [2.75, 3.05) is 0 Å². The molecule has 2 N–H and O–H groups in total. The number of amides is 1. The Kier molecular flexibility index (Phi) is 8.42. The zero-order chi connectivity index (χ0) is 30.5. The average Bonchev–Trinajstić information content (AvgIpc) is 3.43. The van der Waals surface area contributed by atoms with Gasteiger partial charge in [-0.05, 0) is 48.8 Å². The number of hydrogen-bond donors (Lipinski definition) is 2. The predicted molar refractivity (Wildman–Crippen MR) is 168 cm³/mol. The fraction of sp³-hybridized carbons (Fsp3) is 0.629. The molecule has 1 aliphatic heterocycles. The summed E-state index contributed by atoms with van der Waals surface area (Å²) in [6.07, 6.45) is 12.1. The Morgan fingerprint density at radius 3 is 2.63 bits per heavy atom. The summed E-state index contributed by atoms with van der Waals surface area (Å²) in [5.74, 6) is 2.76. The number of unbranched alkanes of at least 4 members (excludes halogenated alkanes) is 4. The number of benzene rings is 2. The molecule has 0 unspecified atom stereocenters. The van der Waals surface area contributed by atoms with E-state index in [4.69, 9.17) is 0 Å². The summed E-state index contributed by atoms with van der Waals surface area (Å²) in [7, 11) is 0. The van der Waals surface area contributed by atoms with E-state index in [-0.39, 0.29) is 43.2 Å². The predicted octanol–water partition coefficient (Wildman–Crippen LogP) is 6.50. The first-order chi connectivity index (χ1) is 20.5. The number of nitro groups is 1. The van der Waals surface area contributed by atoms with Crippen molar-refractivity contribution in [2.24, 2.45) is 23.2 Å². The average molecular weight is 654 g/mol. The van der Waals surface area contributed by atoms with Gasteiger partial charge >= 0.3 is 179 Å². The normalized spacial score (nSPS) is 30.3. The van der Waals surface area contributed by atoms with Crippen LogP contribution in [0.2, 0.25) is 0 Å². The molecule has 8 heteroatoms. The van der Waals surface area contributed by atoms with E-state index in [1.807, 2.05) is 36.0 Å². The third-order valence-corrected chi connectivity index (χ3v) is 14.6. The van der Waals surface area contributed by atoms with E-state index < -0.39 is 5.54 Å². The standard InChI is InChI=1S/C35H46N2O5Se/c1-34(2)28-11-9-12-29(37(41)42)33(28)43-36(34)31(40)13-8-6-4-5-7-10-22-20-23-21-24(38)14-15-25(23)26-18-19-35(3)27(32(22)26)16-17-30(35)39/h9,11-12,14-15,21-22,26-27,30,32,38-39H,4-8,10,13,16-20H2,1-3H3/t22-,26-,27+,30+,32-,35+/m1/s1. The number of aliphatic hydroxyl groups is 1. The van der Waals surface area contributed by atoms with Gasteiger partial charge in [0, 0.05) is 0 Å². The third-order valence-electron chi connectivity index (χ3n) is 11.6. The monoisotopic (exact) mass is 654 g/mol. The second-order valence-corrected chi connectivity index (χ2v) is 16.3. The summed E-state index contributed by atoms with van der Waals surface area (Å²) in [5, 5.41) is 32.7. The van der Waals surface area contributed by atoms with Gasteiger partial charge < -0.3 is 10.2 Å². The molecule has 7 nitrogen and oxygen atoms in total. The first kappa shape index (κ1) is 30.6. The summed E-state index contributed by atoms with van der Waals surface area (Å²) < 4.78 is 2.61. The maximum atomic E-state index is 13.2. The van der Waals surface area contributed by atoms with Crippen molar-refractivity contribution in [2.45, 2.75) is 115 Å². The molecule has 232 valence electrons. The van der Waals surface area contributed by atoms with Crippen LogP contribution in [0.5, 0.6) is 5.75 Å². The molecule has 3 aliphatic carbocycles. The van der Waals surface area contributed by atoms with E-state index in [1.165, 1.54) is 24.0 Å². The molecule has 0 spiro atoms. The summed E-state index contributed by atoms with van der Waals surface area (Å²) in [4.78, 5) is 24.5. The summed E-state index contributed by atoms with van der Waals surface area (Å²) in [6.45, 7) is 6.33. The van der Waals surface area contributed by atoms with Gasteiger partial charge in [-0.3, -0.25) is 0 Å². The Bertz CT molecular complexity index is 1390. The summed E-state index contributed by atoms with van der Waals surface area (Å²) >= 11 is -0.378. The van der Waals surface area contributed by atoms with E-state index >= 15 is 0 Å². The molecule has 0 bridgehead atoms. The molecule has 1 heterocycles. The van der Waals surface area contributed by atoms with Crippen molar-refractivity contribution in [3.05, 3.63) is 63.2 Å². The SMILES string of the molecule is CC1(C)c2cccc([N+](=O)[O-])c2[Se]N1C(=O)CCCCCCC[C@@H]1Cc2cc(O)ccc2[C@H]2CC[C@]3(C)[C@@H](O)CC[C@H]3[C@H]12. The van der Waals surface area contributed by atoms with Crippen LogP contribution in [0.4, 0.5) is 5.69 Å². The van der Waals surface area contributed by atoms with Crippen LogP contribution in [0.15, 0.2) is 36.4 Å². The Labute approximate surface area is 262 Å². The summed E-state index contributed by atoms with van der Waals surface area (Å²) in [6, 6.07) is 11.2. The summed E-state index contributed by atoms with van der Waals surface area (Å²) in [5.41, 5.74) is 3.32. The third kappa shape index (κ3) is 5.42. The van der Waals surface area contributed by atoms with Crippen LogP contribution in [0.1, 0.15) is 114 Å². The van der Waals surface area contributed by atoms with E-state index in [9.17, 15) is 25.1 Å². The van der Waals surface area contributed by atoms with Crippen LogP contribution in [0.3, 0.4) is 0 Å². The van der Waals surface area contributed by atoms with E-state index in [0.29, 0.717) is 35.8 Å². The molecule has 1 amide bonds. The van der Waals surface area contributed by atoms with Gasteiger partial charge in [-0.15, -0.1) is 0 Å². The molecule has 0 aromatic heterocycles. The molecule has 2 aromatic carbocycles. The van der Waals surface area contributed by atoms with Gasteiger partial charge in [0.25, 0.3) is 0 Å². The zero-order valence-electron chi connectivity index (χ0n) is 25.8. The molecular formula is C35H46N2O5Se. The first-order valence-electron chi connectivity index (χ1n) is 16.3. The van der Waals surface area contributed by atoms with Crippen LogP contribution in [-0.4, -0.2) is 46.2 Å². The molecule has 0 radical (unpaired) electrons. The van der Waals surface area contributed by atoms with Crippen molar-refractivity contribution < 1.29 is 19.9 Å². The quantitative estimate of drug-likeness (QED) is 0.139. The second-order valence-electron chi connectivity index (χ2n) is 14.3. The Morgan fingerprint density at radius 2 is 1.84 bits per heavy atom. The minimum atomic E-state index is -0.518. The van der Waals surface area contributed by atoms with Crippen LogP contribution in [0, 0.1) is 33.3 Å². The van der Waals surface area contributed by atoms with Crippen molar-refractivity contribution in [1.29, 1.82) is 0 Å². The number of carbonyl (C=O) groups is 1. The fourth-order valence-electron chi connectivity index (χ4n) is 9.27. The number of nitro benzene ring substituents is 1. The number of nitrogens with zero attached hydrogens (tertiary/aromatic N) is 2. The van der Waals surface area contributed by atoms with E-state index in [1.54, 1.807) is 12.1 Å². The number of phenols is 1. The van der Waals surface area contributed by atoms with Crippen molar-refractivity contribution >= 4 is 31.2 Å².